The predicted molar refractivity (Wildman–Crippen MR) is 149 cm³/mol. The summed E-state index contributed by atoms with van der Waals surface area (Å²) >= 11 is 0. The molecule has 0 saturated heterocycles. The van der Waals surface area contributed by atoms with Crippen LogP contribution in [0.2, 0.25) is 0 Å². The zero-order valence-corrected chi connectivity index (χ0v) is 22.3. The first kappa shape index (κ1) is 30.2. The van der Waals surface area contributed by atoms with Gasteiger partial charge in [-0.05, 0) is 31.5 Å². The lowest BCUT2D eigenvalue weighted by atomic mass is 9.99. The molecule has 2 heteroatoms. The maximum Gasteiger partial charge on any atom is 0.0320 e. The Kier molecular flexibility index (Phi) is 22.2. The smallest absolute Gasteiger partial charge is 0.0320 e. The molecule has 1 unspecified atom stereocenters. The zero-order chi connectivity index (χ0) is 23.7. The van der Waals surface area contributed by atoms with Gasteiger partial charge in [-0.3, -0.25) is 0 Å². The minimum atomic E-state index is 0.489. The van der Waals surface area contributed by atoms with Crippen LogP contribution in [0.4, 0.5) is 0 Å². The monoisotopic (exact) mass is 458 g/mol. The van der Waals surface area contributed by atoms with Crippen molar-refractivity contribution in [1.82, 2.24) is 5.32 Å². The normalized spacial score (nSPS) is 12.3. The Hall–Kier alpha value is -0.860. The molecule has 1 aromatic carbocycles. The third kappa shape index (κ3) is 19.2. The standard InChI is InChI=1S/C31H58N2/c1-2-3-4-5-6-7-8-9-10-11-12-13-14-15-16-17-18-19-23-27-31(33-29-24-28-32)30-25-21-20-22-26-30/h20-22,25-26,31,33H,2-19,23-24,27-29,32H2,1H3. The highest BCUT2D eigenvalue weighted by atomic mass is 14.9. The highest BCUT2D eigenvalue weighted by Gasteiger charge is 2.09. The van der Waals surface area contributed by atoms with Gasteiger partial charge in [-0.15, -0.1) is 0 Å². The molecule has 0 spiro atoms. The molecule has 0 heterocycles. The number of rotatable bonds is 25. The third-order valence-electron chi connectivity index (χ3n) is 7.07. The molecule has 3 N–H and O–H groups in total. The lowest BCUT2D eigenvalue weighted by molar-refractivity contribution is 0.461. The molecule has 1 aromatic rings. The SMILES string of the molecule is CCCCCCCCCCCCCCCCCCCCCC(NCCCN)c1ccccc1. The lowest BCUT2D eigenvalue weighted by Crippen LogP contribution is -2.24. The second-order valence-electron chi connectivity index (χ2n) is 10.2. The number of benzene rings is 1. The van der Waals surface area contributed by atoms with Gasteiger partial charge in [0.2, 0.25) is 0 Å². The summed E-state index contributed by atoms with van der Waals surface area (Å²) in [6, 6.07) is 11.4. The highest BCUT2D eigenvalue weighted by molar-refractivity contribution is 5.18. The van der Waals surface area contributed by atoms with Gasteiger partial charge in [0.05, 0.1) is 0 Å². The van der Waals surface area contributed by atoms with Crippen LogP contribution in [-0.2, 0) is 0 Å². The van der Waals surface area contributed by atoms with E-state index in [-0.39, 0.29) is 0 Å². The van der Waals surface area contributed by atoms with E-state index in [1.807, 2.05) is 0 Å². The van der Waals surface area contributed by atoms with Crippen LogP contribution in [0.5, 0.6) is 0 Å². The van der Waals surface area contributed by atoms with E-state index in [4.69, 9.17) is 5.73 Å². The van der Waals surface area contributed by atoms with Gasteiger partial charge >= 0.3 is 0 Å². The van der Waals surface area contributed by atoms with Crippen LogP contribution in [0.25, 0.3) is 0 Å². The summed E-state index contributed by atoms with van der Waals surface area (Å²) in [6.07, 6.45) is 29.7. The van der Waals surface area contributed by atoms with E-state index < -0.39 is 0 Å². The molecule has 0 aliphatic carbocycles. The molecule has 1 atom stereocenters. The summed E-state index contributed by atoms with van der Waals surface area (Å²) < 4.78 is 0. The van der Waals surface area contributed by atoms with Crippen molar-refractivity contribution >= 4 is 0 Å². The van der Waals surface area contributed by atoms with Gasteiger partial charge in [-0.25, -0.2) is 0 Å². The van der Waals surface area contributed by atoms with E-state index in [2.05, 4.69) is 42.6 Å². The van der Waals surface area contributed by atoms with Crippen molar-refractivity contribution in [1.29, 1.82) is 0 Å². The number of unbranched alkanes of at least 4 members (excludes halogenated alkanes) is 18. The van der Waals surface area contributed by atoms with Crippen molar-refractivity contribution in [3.05, 3.63) is 35.9 Å². The van der Waals surface area contributed by atoms with Crippen LogP contribution < -0.4 is 11.1 Å². The van der Waals surface area contributed by atoms with Crippen molar-refractivity contribution in [2.24, 2.45) is 5.73 Å². The van der Waals surface area contributed by atoms with Crippen molar-refractivity contribution in [2.75, 3.05) is 13.1 Å². The van der Waals surface area contributed by atoms with Crippen LogP contribution in [0.15, 0.2) is 30.3 Å². The van der Waals surface area contributed by atoms with Gasteiger partial charge in [0.15, 0.2) is 0 Å². The fourth-order valence-electron chi connectivity index (χ4n) is 4.88. The lowest BCUT2D eigenvalue weighted by Gasteiger charge is -2.19. The van der Waals surface area contributed by atoms with E-state index in [9.17, 15) is 0 Å². The minimum Gasteiger partial charge on any atom is -0.330 e. The fraction of sp³-hybridized carbons (Fsp3) is 0.806. The summed E-state index contributed by atoms with van der Waals surface area (Å²) in [7, 11) is 0. The number of hydrogen-bond donors (Lipinski definition) is 2. The van der Waals surface area contributed by atoms with E-state index >= 15 is 0 Å². The van der Waals surface area contributed by atoms with Crippen LogP contribution >= 0.6 is 0 Å². The number of hydrogen-bond acceptors (Lipinski definition) is 2. The van der Waals surface area contributed by atoms with Gasteiger partial charge in [0.1, 0.15) is 0 Å². The Labute approximate surface area is 207 Å². The molecule has 0 bridgehead atoms. The first-order valence-electron chi connectivity index (χ1n) is 14.9. The van der Waals surface area contributed by atoms with Gasteiger partial charge < -0.3 is 11.1 Å². The highest BCUT2D eigenvalue weighted by Crippen LogP contribution is 2.21. The molecular weight excluding hydrogens is 400 g/mol. The van der Waals surface area contributed by atoms with E-state index in [0.29, 0.717) is 6.04 Å². The predicted octanol–water partition coefficient (Wildman–Crippen LogP) is 9.49. The molecular formula is C31H58N2. The molecule has 0 radical (unpaired) electrons. The summed E-state index contributed by atoms with van der Waals surface area (Å²) in [5.74, 6) is 0. The van der Waals surface area contributed by atoms with Crippen molar-refractivity contribution in [3.8, 4) is 0 Å². The van der Waals surface area contributed by atoms with Crippen LogP contribution in [0.1, 0.15) is 153 Å². The molecule has 0 fully saturated rings. The molecule has 33 heavy (non-hydrogen) atoms. The molecule has 0 aromatic heterocycles. The topological polar surface area (TPSA) is 38.0 Å². The van der Waals surface area contributed by atoms with Crippen molar-refractivity contribution in [2.45, 2.75) is 148 Å². The molecule has 0 amide bonds. The largest absolute Gasteiger partial charge is 0.330 e. The first-order valence-corrected chi connectivity index (χ1v) is 14.9. The molecule has 1 rings (SSSR count). The van der Waals surface area contributed by atoms with E-state index in [1.54, 1.807) is 0 Å². The second kappa shape index (κ2) is 24.3. The maximum atomic E-state index is 5.66. The maximum absolute atomic E-state index is 5.66. The second-order valence-corrected chi connectivity index (χ2v) is 10.2. The minimum absolute atomic E-state index is 0.489. The number of nitrogens with one attached hydrogen (secondary N) is 1. The van der Waals surface area contributed by atoms with E-state index in [1.165, 1.54) is 134 Å². The summed E-state index contributed by atoms with van der Waals surface area (Å²) in [6.45, 7) is 4.09. The van der Waals surface area contributed by atoms with Crippen LogP contribution in [0, 0.1) is 0 Å². The Morgan fingerprint density at radius 3 is 1.42 bits per heavy atom. The fourth-order valence-corrected chi connectivity index (χ4v) is 4.88. The summed E-state index contributed by atoms with van der Waals surface area (Å²) in [5.41, 5.74) is 7.09. The third-order valence-corrected chi connectivity index (χ3v) is 7.07. The first-order chi connectivity index (χ1) is 16.4. The van der Waals surface area contributed by atoms with E-state index in [0.717, 1.165) is 19.5 Å². The van der Waals surface area contributed by atoms with Crippen molar-refractivity contribution < 1.29 is 0 Å². The molecule has 2 nitrogen and oxygen atoms in total. The molecule has 0 saturated carbocycles. The molecule has 192 valence electrons. The number of nitrogens with two attached hydrogens (primary N) is 1. The van der Waals surface area contributed by atoms with Gasteiger partial charge in [0.25, 0.3) is 0 Å². The van der Waals surface area contributed by atoms with Gasteiger partial charge in [0, 0.05) is 6.04 Å². The average Bonchev–Trinajstić information content (AvgIpc) is 2.85. The average molecular weight is 459 g/mol. The van der Waals surface area contributed by atoms with Crippen LogP contribution in [-0.4, -0.2) is 13.1 Å². The Bertz CT molecular complexity index is 487. The quantitative estimate of drug-likeness (QED) is 0.143. The molecule has 0 aliphatic rings. The zero-order valence-electron chi connectivity index (χ0n) is 22.3. The van der Waals surface area contributed by atoms with Gasteiger partial charge in [-0.2, -0.15) is 0 Å². The van der Waals surface area contributed by atoms with Crippen molar-refractivity contribution in [3.63, 3.8) is 0 Å². The summed E-state index contributed by atoms with van der Waals surface area (Å²) in [4.78, 5) is 0. The van der Waals surface area contributed by atoms with Crippen LogP contribution in [0.3, 0.4) is 0 Å². The Morgan fingerprint density at radius 1 is 0.576 bits per heavy atom. The molecule has 0 aliphatic heterocycles. The summed E-state index contributed by atoms with van der Waals surface area (Å²) in [5, 5.41) is 3.72. The Balaban J connectivity index is 1.86. The Morgan fingerprint density at radius 2 is 1.00 bits per heavy atom. The van der Waals surface area contributed by atoms with Gasteiger partial charge in [-0.1, -0.05) is 159 Å².